The standard InChI is InChI=1S/C9H10BrNO2/c1-5-2-3-6(7(10)4-5)8(12)9(11)13/h2-4,8,12H,1H3,(H2,11,13). The second-order valence-electron chi connectivity index (χ2n) is 2.83. The van der Waals surface area contributed by atoms with Gasteiger partial charge in [0.2, 0.25) is 0 Å². The molecule has 1 rings (SSSR count). The van der Waals surface area contributed by atoms with E-state index in [2.05, 4.69) is 15.9 Å². The number of carbonyl (C=O) groups excluding carboxylic acids is 1. The summed E-state index contributed by atoms with van der Waals surface area (Å²) in [7, 11) is 0. The molecular weight excluding hydrogens is 234 g/mol. The van der Waals surface area contributed by atoms with Gasteiger partial charge in [0, 0.05) is 10.0 Å². The summed E-state index contributed by atoms with van der Waals surface area (Å²) in [4.78, 5) is 10.7. The van der Waals surface area contributed by atoms with E-state index in [1.54, 1.807) is 6.07 Å². The minimum atomic E-state index is -1.24. The van der Waals surface area contributed by atoms with Gasteiger partial charge in [-0.1, -0.05) is 28.1 Å². The van der Waals surface area contributed by atoms with Crippen molar-refractivity contribution in [2.45, 2.75) is 13.0 Å². The normalized spacial score (nSPS) is 12.5. The summed E-state index contributed by atoms with van der Waals surface area (Å²) >= 11 is 3.25. The van der Waals surface area contributed by atoms with Gasteiger partial charge in [-0.15, -0.1) is 0 Å². The van der Waals surface area contributed by atoms with E-state index in [-0.39, 0.29) is 0 Å². The van der Waals surface area contributed by atoms with E-state index in [9.17, 15) is 9.90 Å². The van der Waals surface area contributed by atoms with E-state index < -0.39 is 12.0 Å². The van der Waals surface area contributed by atoms with Gasteiger partial charge in [0.1, 0.15) is 0 Å². The van der Waals surface area contributed by atoms with Crippen LogP contribution in [0.15, 0.2) is 22.7 Å². The number of halogens is 1. The lowest BCUT2D eigenvalue weighted by atomic mass is 10.1. The van der Waals surface area contributed by atoms with E-state index in [1.165, 1.54) is 0 Å². The number of primary amides is 1. The summed E-state index contributed by atoms with van der Waals surface area (Å²) in [5.41, 5.74) is 6.51. The van der Waals surface area contributed by atoms with Crippen LogP contribution in [0.3, 0.4) is 0 Å². The van der Waals surface area contributed by atoms with Crippen molar-refractivity contribution in [1.82, 2.24) is 0 Å². The molecule has 0 fully saturated rings. The van der Waals surface area contributed by atoms with Crippen molar-refractivity contribution in [1.29, 1.82) is 0 Å². The van der Waals surface area contributed by atoms with E-state index in [1.807, 2.05) is 19.1 Å². The Morgan fingerprint density at radius 3 is 2.69 bits per heavy atom. The maximum absolute atomic E-state index is 10.7. The minimum Gasteiger partial charge on any atom is -0.378 e. The van der Waals surface area contributed by atoms with Crippen molar-refractivity contribution in [3.05, 3.63) is 33.8 Å². The molecule has 1 aromatic rings. The molecule has 4 heteroatoms. The van der Waals surface area contributed by atoms with Crippen LogP contribution in [0, 0.1) is 6.92 Å². The molecule has 0 aliphatic rings. The lowest BCUT2D eigenvalue weighted by molar-refractivity contribution is -0.126. The second kappa shape index (κ2) is 3.89. The van der Waals surface area contributed by atoms with Crippen molar-refractivity contribution in [3.63, 3.8) is 0 Å². The lowest BCUT2D eigenvalue weighted by Crippen LogP contribution is -2.21. The van der Waals surface area contributed by atoms with Crippen LogP contribution in [0.25, 0.3) is 0 Å². The Labute approximate surface area is 84.7 Å². The van der Waals surface area contributed by atoms with Gasteiger partial charge >= 0.3 is 0 Å². The molecule has 0 aromatic heterocycles. The first kappa shape index (κ1) is 10.2. The van der Waals surface area contributed by atoms with Crippen LogP contribution in [-0.4, -0.2) is 11.0 Å². The molecule has 0 radical (unpaired) electrons. The fraction of sp³-hybridized carbons (Fsp3) is 0.222. The molecule has 0 saturated heterocycles. The summed E-state index contributed by atoms with van der Waals surface area (Å²) in [6, 6.07) is 5.31. The molecule has 3 N–H and O–H groups in total. The van der Waals surface area contributed by atoms with Crippen LogP contribution in [-0.2, 0) is 4.79 Å². The van der Waals surface area contributed by atoms with Gasteiger partial charge in [0.15, 0.2) is 6.10 Å². The first-order chi connectivity index (χ1) is 6.02. The van der Waals surface area contributed by atoms with Gasteiger partial charge < -0.3 is 10.8 Å². The first-order valence-electron chi connectivity index (χ1n) is 3.76. The third-order valence-electron chi connectivity index (χ3n) is 1.72. The molecule has 13 heavy (non-hydrogen) atoms. The zero-order chi connectivity index (χ0) is 10.0. The van der Waals surface area contributed by atoms with Gasteiger partial charge in [-0.25, -0.2) is 0 Å². The highest BCUT2D eigenvalue weighted by atomic mass is 79.9. The Balaban J connectivity index is 3.08. The molecule has 1 amide bonds. The molecule has 0 saturated carbocycles. The predicted octanol–water partition coefficient (Wildman–Crippen LogP) is 1.28. The third-order valence-corrected chi connectivity index (χ3v) is 2.41. The number of nitrogens with two attached hydrogens (primary N) is 1. The van der Waals surface area contributed by atoms with Crippen molar-refractivity contribution in [2.24, 2.45) is 5.73 Å². The zero-order valence-electron chi connectivity index (χ0n) is 7.12. The maximum Gasteiger partial charge on any atom is 0.250 e. The SMILES string of the molecule is Cc1ccc(C(O)C(N)=O)c(Br)c1. The highest BCUT2D eigenvalue weighted by molar-refractivity contribution is 9.10. The third kappa shape index (κ3) is 2.29. The Morgan fingerprint density at radius 1 is 1.62 bits per heavy atom. The second-order valence-corrected chi connectivity index (χ2v) is 3.68. The quantitative estimate of drug-likeness (QED) is 0.822. The number of amides is 1. The summed E-state index contributed by atoms with van der Waals surface area (Å²) in [5, 5.41) is 9.36. The van der Waals surface area contributed by atoms with Crippen LogP contribution in [0.4, 0.5) is 0 Å². The number of aryl methyl sites for hydroxylation is 1. The summed E-state index contributed by atoms with van der Waals surface area (Å²) in [5.74, 6) is -0.746. The molecule has 0 aliphatic carbocycles. The number of aliphatic hydroxyl groups is 1. The number of hydrogen-bond donors (Lipinski definition) is 2. The van der Waals surface area contributed by atoms with Crippen LogP contribution < -0.4 is 5.73 Å². The Hall–Kier alpha value is -0.870. The molecule has 70 valence electrons. The first-order valence-corrected chi connectivity index (χ1v) is 4.55. The Bertz CT molecular complexity index is 338. The smallest absolute Gasteiger partial charge is 0.250 e. The van der Waals surface area contributed by atoms with E-state index in [4.69, 9.17) is 5.73 Å². The summed E-state index contributed by atoms with van der Waals surface area (Å²) < 4.78 is 0.693. The van der Waals surface area contributed by atoms with Crippen molar-refractivity contribution >= 4 is 21.8 Å². The number of aliphatic hydroxyl groups excluding tert-OH is 1. The van der Waals surface area contributed by atoms with Gasteiger partial charge in [-0.05, 0) is 18.6 Å². The largest absolute Gasteiger partial charge is 0.378 e. The van der Waals surface area contributed by atoms with Gasteiger partial charge in [0.25, 0.3) is 5.91 Å². The van der Waals surface area contributed by atoms with Gasteiger partial charge in [-0.3, -0.25) is 4.79 Å². The molecular formula is C9H10BrNO2. The molecule has 1 atom stereocenters. The van der Waals surface area contributed by atoms with E-state index in [0.717, 1.165) is 5.56 Å². The Kier molecular flexibility index (Phi) is 3.06. The number of benzene rings is 1. The van der Waals surface area contributed by atoms with Crippen LogP contribution >= 0.6 is 15.9 Å². The molecule has 0 bridgehead atoms. The highest BCUT2D eigenvalue weighted by Gasteiger charge is 2.16. The predicted molar refractivity (Wildman–Crippen MR) is 53.0 cm³/mol. The van der Waals surface area contributed by atoms with Crippen molar-refractivity contribution in [2.75, 3.05) is 0 Å². The molecule has 3 nitrogen and oxygen atoms in total. The lowest BCUT2D eigenvalue weighted by Gasteiger charge is -2.09. The van der Waals surface area contributed by atoms with Crippen molar-refractivity contribution in [3.8, 4) is 0 Å². The van der Waals surface area contributed by atoms with Crippen LogP contribution in [0.1, 0.15) is 17.2 Å². The Morgan fingerprint density at radius 2 is 2.23 bits per heavy atom. The molecule has 0 aliphatic heterocycles. The minimum absolute atomic E-state index is 0.498. The fourth-order valence-corrected chi connectivity index (χ4v) is 1.72. The summed E-state index contributed by atoms with van der Waals surface area (Å²) in [6.07, 6.45) is -1.24. The van der Waals surface area contributed by atoms with Crippen molar-refractivity contribution < 1.29 is 9.90 Å². The topological polar surface area (TPSA) is 63.3 Å². The van der Waals surface area contributed by atoms with E-state index >= 15 is 0 Å². The number of rotatable bonds is 2. The monoisotopic (exact) mass is 243 g/mol. The fourth-order valence-electron chi connectivity index (χ4n) is 1.01. The molecule has 1 aromatic carbocycles. The highest BCUT2D eigenvalue weighted by Crippen LogP contribution is 2.24. The maximum atomic E-state index is 10.7. The summed E-state index contributed by atoms with van der Waals surface area (Å²) in [6.45, 7) is 1.92. The van der Waals surface area contributed by atoms with Crippen LogP contribution in [0.5, 0.6) is 0 Å². The average molecular weight is 244 g/mol. The zero-order valence-corrected chi connectivity index (χ0v) is 8.71. The van der Waals surface area contributed by atoms with Crippen LogP contribution in [0.2, 0.25) is 0 Å². The van der Waals surface area contributed by atoms with Gasteiger partial charge in [-0.2, -0.15) is 0 Å². The van der Waals surface area contributed by atoms with Gasteiger partial charge in [0.05, 0.1) is 0 Å². The number of hydrogen-bond acceptors (Lipinski definition) is 2. The number of carbonyl (C=O) groups is 1. The average Bonchev–Trinajstić information content (AvgIpc) is 2.03. The molecule has 0 heterocycles. The molecule has 1 unspecified atom stereocenters. The van der Waals surface area contributed by atoms with E-state index in [0.29, 0.717) is 10.0 Å². The molecule has 0 spiro atoms.